The van der Waals surface area contributed by atoms with Crippen molar-refractivity contribution >= 4 is 17.8 Å². The van der Waals surface area contributed by atoms with Gasteiger partial charge in [-0.2, -0.15) is 5.10 Å². The summed E-state index contributed by atoms with van der Waals surface area (Å²) < 4.78 is 1.71. The third-order valence-electron chi connectivity index (χ3n) is 3.47. The molecule has 1 atom stereocenters. The average molecular weight is 313 g/mol. The van der Waals surface area contributed by atoms with E-state index in [0.717, 1.165) is 11.3 Å². The van der Waals surface area contributed by atoms with Gasteiger partial charge in [0.15, 0.2) is 0 Å². The highest BCUT2D eigenvalue weighted by molar-refractivity contribution is 6.05. The van der Waals surface area contributed by atoms with E-state index in [-0.39, 0.29) is 12.3 Å². The molecule has 1 aromatic heterocycles. The van der Waals surface area contributed by atoms with Gasteiger partial charge in [-0.05, 0) is 17.7 Å². The molecule has 4 amide bonds. The number of nitrogens with one attached hydrogen (secondary N) is 3. The molecular formula is C15H15N5O3. The standard InChI is InChI=1S/C15H15N5O3/c21-13(8-11-14(22)19-15(23)18-11)16-9-10-4-1-2-5-12(10)20-7-3-6-17-20/h1-7,11H,8-9H2,(H,16,21)(H2,18,19,22,23)/t11-/m1/s1. The van der Waals surface area contributed by atoms with E-state index < -0.39 is 18.0 Å². The molecule has 0 radical (unpaired) electrons. The Labute approximate surface area is 131 Å². The molecule has 0 aliphatic carbocycles. The van der Waals surface area contributed by atoms with Gasteiger partial charge in [0.2, 0.25) is 5.91 Å². The molecule has 0 spiro atoms. The lowest BCUT2D eigenvalue weighted by Gasteiger charge is -2.12. The predicted octanol–water partition coefficient (Wildman–Crippen LogP) is 0.0866. The highest BCUT2D eigenvalue weighted by Gasteiger charge is 2.31. The molecule has 1 aromatic carbocycles. The van der Waals surface area contributed by atoms with Gasteiger partial charge in [0, 0.05) is 18.9 Å². The number of aromatic nitrogens is 2. The van der Waals surface area contributed by atoms with Gasteiger partial charge in [-0.3, -0.25) is 14.9 Å². The Morgan fingerprint density at radius 3 is 2.78 bits per heavy atom. The van der Waals surface area contributed by atoms with Crippen molar-refractivity contribution in [3.63, 3.8) is 0 Å². The molecule has 2 heterocycles. The molecule has 0 saturated carbocycles. The Morgan fingerprint density at radius 2 is 2.09 bits per heavy atom. The van der Waals surface area contributed by atoms with Crippen molar-refractivity contribution in [2.45, 2.75) is 19.0 Å². The van der Waals surface area contributed by atoms with Crippen molar-refractivity contribution in [1.82, 2.24) is 25.7 Å². The van der Waals surface area contributed by atoms with Crippen LogP contribution in [-0.4, -0.2) is 33.7 Å². The fourth-order valence-electron chi connectivity index (χ4n) is 2.35. The lowest BCUT2D eigenvalue weighted by Crippen LogP contribution is -2.36. The van der Waals surface area contributed by atoms with Gasteiger partial charge in [-0.15, -0.1) is 0 Å². The van der Waals surface area contributed by atoms with Crippen LogP contribution >= 0.6 is 0 Å². The molecule has 0 bridgehead atoms. The van der Waals surface area contributed by atoms with E-state index >= 15 is 0 Å². The van der Waals surface area contributed by atoms with Crippen LogP contribution in [0.5, 0.6) is 0 Å². The Morgan fingerprint density at radius 1 is 1.26 bits per heavy atom. The predicted molar refractivity (Wildman–Crippen MR) is 80.5 cm³/mol. The number of hydrogen-bond donors (Lipinski definition) is 3. The molecule has 1 saturated heterocycles. The van der Waals surface area contributed by atoms with Crippen LogP contribution in [0.2, 0.25) is 0 Å². The SMILES string of the molecule is O=C(C[C@H]1NC(=O)NC1=O)NCc1ccccc1-n1cccn1. The molecule has 118 valence electrons. The number of imide groups is 1. The number of carbonyl (C=O) groups excluding carboxylic acids is 3. The van der Waals surface area contributed by atoms with Crippen LogP contribution < -0.4 is 16.0 Å². The molecule has 2 aromatic rings. The van der Waals surface area contributed by atoms with E-state index in [4.69, 9.17) is 0 Å². The largest absolute Gasteiger partial charge is 0.352 e. The Balaban J connectivity index is 1.62. The van der Waals surface area contributed by atoms with Crippen molar-refractivity contribution in [3.05, 3.63) is 48.3 Å². The maximum absolute atomic E-state index is 12.0. The Hall–Kier alpha value is -3.16. The summed E-state index contributed by atoms with van der Waals surface area (Å²) in [5.41, 5.74) is 1.76. The first-order valence-corrected chi connectivity index (χ1v) is 7.09. The third-order valence-corrected chi connectivity index (χ3v) is 3.47. The molecule has 3 rings (SSSR count). The van der Waals surface area contributed by atoms with E-state index in [0.29, 0.717) is 6.54 Å². The van der Waals surface area contributed by atoms with Gasteiger partial charge in [0.1, 0.15) is 6.04 Å². The van der Waals surface area contributed by atoms with Crippen LogP contribution in [0.15, 0.2) is 42.7 Å². The van der Waals surface area contributed by atoms with E-state index in [9.17, 15) is 14.4 Å². The molecule has 1 fully saturated rings. The number of hydrogen-bond acceptors (Lipinski definition) is 4. The van der Waals surface area contributed by atoms with E-state index in [1.54, 1.807) is 10.9 Å². The number of amides is 4. The van der Waals surface area contributed by atoms with Crippen LogP contribution in [0.3, 0.4) is 0 Å². The van der Waals surface area contributed by atoms with Crippen LogP contribution in [0.4, 0.5) is 4.79 Å². The summed E-state index contributed by atoms with van der Waals surface area (Å²) in [5, 5.41) is 11.4. The second kappa shape index (κ2) is 6.30. The molecule has 0 unspecified atom stereocenters. The smallest absolute Gasteiger partial charge is 0.322 e. The number of carbonyl (C=O) groups is 3. The molecule has 3 N–H and O–H groups in total. The zero-order valence-electron chi connectivity index (χ0n) is 12.2. The maximum atomic E-state index is 12.0. The first-order valence-electron chi connectivity index (χ1n) is 7.09. The highest BCUT2D eigenvalue weighted by Crippen LogP contribution is 2.13. The number of para-hydroxylation sites is 1. The van der Waals surface area contributed by atoms with E-state index in [2.05, 4.69) is 21.0 Å². The molecule has 8 nitrogen and oxygen atoms in total. The van der Waals surface area contributed by atoms with Crippen molar-refractivity contribution in [2.75, 3.05) is 0 Å². The van der Waals surface area contributed by atoms with Gasteiger partial charge < -0.3 is 10.6 Å². The third kappa shape index (κ3) is 3.37. The van der Waals surface area contributed by atoms with E-state index in [1.807, 2.05) is 36.5 Å². The molecule has 8 heteroatoms. The summed E-state index contributed by atoms with van der Waals surface area (Å²) in [6.07, 6.45) is 3.40. The molecule has 23 heavy (non-hydrogen) atoms. The van der Waals surface area contributed by atoms with Crippen molar-refractivity contribution < 1.29 is 14.4 Å². The van der Waals surface area contributed by atoms with Crippen molar-refractivity contribution in [2.24, 2.45) is 0 Å². The number of urea groups is 1. The fraction of sp³-hybridized carbons (Fsp3) is 0.200. The Kier molecular flexibility index (Phi) is 4.05. The van der Waals surface area contributed by atoms with E-state index in [1.165, 1.54) is 0 Å². The molecule has 1 aliphatic rings. The highest BCUT2D eigenvalue weighted by atomic mass is 16.2. The maximum Gasteiger partial charge on any atom is 0.322 e. The van der Waals surface area contributed by atoms with Gasteiger partial charge >= 0.3 is 6.03 Å². The first-order chi connectivity index (χ1) is 11.1. The Bertz CT molecular complexity index is 741. The summed E-state index contributed by atoms with van der Waals surface area (Å²) >= 11 is 0. The van der Waals surface area contributed by atoms with Crippen LogP contribution in [-0.2, 0) is 16.1 Å². The monoisotopic (exact) mass is 313 g/mol. The summed E-state index contributed by atoms with van der Waals surface area (Å²) in [7, 11) is 0. The van der Waals surface area contributed by atoms with Gasteiger partial charge in [-0.1, -0.05) is 18.2 Å². The molecule has 1 aliphatic heterocycles. The zero-order chi connectivity index (χ0) is 16.2. The topological polar surface area (TPSA) is 105 Å². The number of benzene rings is 1. The summed E-state index contributed by atoms with van der Waals surface area (Å²) in [6, 6.07) is 7.98. The lowest BCUT2D eigenvalue weighted by molar-refractivity contribution is -0.126. The van der Waals surface area contributed by atoms with Crippen LogP contribution in [0.1, 0.15) is 12.0 Å². The van der Waals surface area contributed by atoms with Crippen LogP contribution in [0.25, 0.3) is 5.69 Å². The second-order valence-electron chi connectivity index (χ2n) is 5.08. The first kappa shape index (κ1) is 14.8. The summed E-state index contributed by atoms with van der Waals surface area (Å²) in [6.45, 7) is 0.303. The average Bonchev–Trinajstić information content (AvgIpc) is 3.16. The minimum atomic E-state index is -0.816. The van der Waals surface area contributed by atoms with Gasteiger partial charge in [0.05, 0.1) is 12.1 Å². The normalized spacial score (nSPS) is 16.8. The van der Waals surface area contributed by atoms with Crippen LogP contribution in [0, 0.1) is 0 Å². The van der Waals surface area contributed by atoms with Crippen molar-refractivity contribution in [1.29, 1.82) is 0 Å². The minimum Gasteiger partial charge on any atom is -0.352 e. The second-order valence-corrected chi connectivity index (χ2v) is 5.08. The lowest BCUT2D eigenvalue weighted by atomic mass is 10.1. The fourth-order valence-corrected chi connectivity index (χ4v) is 2.35. The quantitative estimate of drug-likeness (QED) is 0.680. The molecular weight excluding hydrogens is 298 g/mol. The number of nitrogens with zero attached hydrogens (tertiary/aromatic N) is 2. The minimum absolute atomic E-state index is 0.0957. The number of rotatable bonds is 5. The summed E-state index contributed by atoms with van der Waals surface area (Å²) in [4.78, 5) is 34.4. The van der Waals surface area contributed by atoms with Crippen molar-refractivity contribution in [3.8, 4) is 5.69 Å². The van der Waals surface area contributed by atoms with Gasteiger partial charge in [-0.25, -0.2) is 9.48 Å². The van der Waals surface area contributed by atoms with Gasteiger partial charge in [0.25, 0.3) is 5.91 Å². The zero-order valence-corrected chi connectivity index (χ0v) is 12.2. The summed E-state index contributed by atoms with van der Waals surface area (Å²) in [5.74, 6) is -0.801.